The molecule has 0 bridgehead atoms. The van der Waals surface area contributed by atoms with E-state index >= 15 is 0 Å². The zero-order valence-electron chi connectivity index (χ0n) is 13.6. The number of nitrogens with one attached hydrogen (secondary N) is 1. The van der Waals surface area contributed by atoms with Crippen LogP contribution in [-0.4, -0.2) is 65.2 Å². The molecule has 0 spiro atoms. The van der Waals surface area contributed by atoms with E-state index in [-0.39, 0.29) is 6.03 Å². The van der Waals surface area contributed by atoms with Gasteiger partial charge in [-0.25, -0.2) is 4.79 Å². The van der Waals surface area contributed by atoms with Gasteiger partial charge in [0, 0.05) is 38.3 Å². The first-order valence-corrected chi connectivity index (χ1v) is 7.84. The quantitative estimate of drug-likeness (QED) is 0.781. The van der Waals surface area contributed by atoms with E-state index in [0.717, 1.165) is 13.0 Å². The number of amides is 2. The zero-order chi connectivity index (χ0) is 16.0. The molecular weight excluding hydrogens is 270 g/mol. The number of rotatable bonds is 6. The van der Waals surface area contributed by atoms with Crippen LogP contribution in [0.15, 0.2) is 0 Å². The summed E-state index contributed by atoms with van der Waals surface area (Å²) in [4.78, 5) is 27.0. The first kappa shape index (κ1) is 17.8. The van der Waals surface area contributed by atoms with Crippen molar-refractivity contribution in [1.82, 2.24) is 15.1 Å². The summed E-state index contributed by atoms with van der Waals surface area (Å²) in [7, 11) is 0. The van der Waals surface area contributed by atoms with Crippen LogP contribution in [-0.2, 0) is 4.79 Å². The lowest BCUT2D eigenvalue weighted by molar-refractivity contribution is -0.143. The molecule has 0 radical (unpaired) electrons. The summed E-state index contributed by atoms with van der Waals surface area (Å²) in [6.45, 7) is 10.9. The predicted octanol–water partition coefficient (Wildman–Crippen LogP) is 1.61. The number of hydrogen-bond donors (Lipinski definition) is 2. The fourth-order valence-corrected chi connectivity index (χ4v) is 2.88. The molecule has 1 rings (SSSR count). The lowest BCUT2D eigenvalue weighted by Crippen LogP contribution is -2.49. The molecule has 0 aromatic heterocycles. The minimum absolute atomic E-state index is 0.145. The van der Waals surface area contributed by atoms with Crippen molar-refractivity contribution in [3.05, 3.63) is 0 Å². The van der Waals surface area contributed by atoms with Crippen molar-refractivity contribution in [3.8, 4) is 0 Å². The van der Waals surface area contributed by atoms with Gasteiger partial charge in [0.25, 0.3) is 0 Å². The average Bonchev–Trinajstić information content (AvgIpc) is 2.42. The van der Waals surface area contributed by atoms with Gasteiger partial charge in [0.05, 0.1) is 5.92 Å². The van der Waals surface area contributed by atoms with Crippen molar-refractivity contribution < 1.29 is 14.7 Å². The Hall–Kier alpha value is -1.30. The number of carboxylic acids is 1. The van der Waals surface area contributed by atoms with Crippen molar-refractivity contribution in [3.63, 3.8) is 0 Å². The van der Waals surface area contributed by atoms with Crippen molar-refractivity contribution in [1.29, 1.82) is 0 Å². The molecule has 2 N–H and O–H groups in total. The van der Waals surface area contributed by atoms with Crippen LogP contribution >= 0.6 is 0 Å². The van der Waals surface area contributed by atoms with Crippen LogP contribution in [0, 0.1) is 5.92 Å². The number of urea groups is 1. The molecule has 0 aromatic rings. The molecular formula is C15H29N3O3. The Bertz CT molecular complexity index is 350. The van der Waals surface area contributed by atoms with Crippen LogP contribution < -0.4 is 5.32 Å². The maximum Gasteiger partial charge on any atom is 0.317 e. The number of piperidine rings is 1. The van der Waals surface area contributed by atoms with E-state index in [1.807, 2.05) is 0 Å². The Balaban J connectivity index is 2.38. The topological polar surface area (TPSA) is 72.9 Å². The maximum atomic E-state index is 12.1. The minimum atomic E-state index is -0.807. The second kappa shape index (κ2) is 8.22. The van der Waals surface area contributed by atoms with Crippen LogP contribution in [0.4, 0.5) is 4.79 Å². The molecule has 1 aliphatic heterocycles. The molecule has 2 amide bonds. The standard InChI is InChI=1S/C15H29N3O3/c1-11(2)18(12(3)4)9-7-16-15(21)17-8-5-6-13(10-17)14(19)20/h11-13H,5-10H2,1-4H3,(H,16,21)(H,19,20)/t13-/m0/s1. The van der Waals surface area contributed by atoms with Gasteiger partial charge in [-0.3, -0.25) is 9.69 Å². The van der Waals surface area contributed by atoms with Gasteiger partial charge < -0.3 is 15.3 Å². The molecule has 1 fully saturated rings. The van der Waals surface area contributed by atoms with Crippen LogP contribution in [0.3, 0.4) is 0 Å². The van der Waals surface area contributed by atoms with Gasteiger partial charge in [0.15, 0.2) is 0 Å². The summed E-state index contributed by atoms with van der Waals surface area (Å²) in [5, 5.41) is 11.9. The molecule has 6 heteroatoms. The summed E-state index contributed by atoms with van der Waals surface area (Å²) >= 11 is 0. The first-order chi connectivity index (χ1) is 9.82. The molecule has 0 aliphatic carbocycles. The van der Waals surface area contributed by atoms with Gasteiger partial charge in [-0.1, -0.05) is 0 Å². The monoisotopic (exact) mass is 299 g/mol. The highest BCUT2D eigenvalue weighted by Crippen LogP contribution is 2.16. The molecule has 1 atom stereocenters. The largest absolute Gasteiger partial charge is 0.481 e. The Morgan fingerprint density at radius 2 is 1.90 bits per heavy atom. The third-order valence-electron chi connectivity index (χ3n) is 4.03. The first-order valence-electron chi connectivity index (χ1n) is 7.84. The third kappa shape index (κ3) is 5.53. The second-order valence-electron chi connectivity index (χ2n) is 6.28. The highest BCUT2D eigenvalue weighted by atomic mass is 16.4. The second-order valence-corrected chi connectivity index (χ2v) is 6.28. The third-order valence-corrected chi connectivity index (χ3v) is 4.03. The Kier molecular flexibility index (Phi) is 6.95. The molecule has 0 saturated carbocycles. The molecule has 122 valence electrons. The molecule has 6 nitrogen and oxygen atoms in total. The lowest BCUT2D eigenvalue weighted by Gasteiger charge is -2.32. The van der Waals surface area contributed by atoms with E-state index in [4.69, 9.17) is 5.11 Å². The van der Waals surface area contributed by atoms with Crippen LogP contribution in [0.2, 0.25) is 0 Å². The van der Waals surface area contributed by atoms with Gasteiger partial charge in [0.1, 0.15) is 0 Å². The van der Waals surface area contributed by atoms with E-state index in [0.29, 0.717) is 38.1 Å². The molecule has 0 aromatic carbocycles. The van der Waals surface area contributed by atoms with E-state index in [9.17, 15) is 9.59 Å². The van der Waals surface area contributed by atoms with E-state index in [1.54, 1.807) is 4.90 Å². The maximum absolute atomic E-state index is 12.1. The highest BCUT2D eigenvalue weighted by molar-refractivity contribution is 5.76. The van der Waals surface area contributed by atoms with E-state index in [1.165, 1.54) is 0 Å². The number of nitrogens with zero attached hydrogens (tertiary/aromatic N) is 2. The van der Waals surface area contributed by atoms with E-state index in [2.05, 4.69) is 37.9 Å². The molecule has 1 aliphatic rings. The van der Waals surface area contributed by atoms with Crippen molar-refractivity contribution >= 4 is 12.0 Å². The predicted molar refractivity (Wildman–Crippen MR) is 82.3 cm³/mol. The smallest absolute Gasteiger partial charge is 0.317 e. The van der Waals surface area contributed by atoms with Gasteiger partial charge in [-0.15, -0.1) is 0 Å². The average molecular weight is 299 g/mol. The molecule has 0 unspecified atom stereocenters. The molecule has 1 heterocycles. The summed E-state index contributed by atoms with van der Waals surface area (Å²) < 4.78 is 0. The highest BCUT2D eigenvalue weighted by Gasteiger charge is 2.28. The van der Waals surface area contributed by atoms with Crippen molar-refractivity contribution in [2.24, 2.45) is 5.92 Å². The minimum Gasteiger partial charge on any atom is -0.481 e. The summed E-state index contributed by atoms with van der Waals surface area (Å²) in [6.07, 6.45) is 1.42. The van der Waals surface area contributed by atoms with Crippen LogP contribution in [0.1, 0.15) is 40.5 Å². The molecule has 1 saturated heterocycles. The van der Waals surface area contributed by atoms with Gasteiger partial charge in [0.2, 0.25) is 0 Å². The number of aliphatic carboxylic acids is 1. The van der Waals surface area contributed by atoms with Gasteiger partial charge >= 0.3 is 12.0 Å². The lowest BCUT2D eigenvalue weighted by atomic mass is 9.99. The Morgan fingerprint density at radius 1 is 1.29 bits per heavy atom. The number of carboxylic acid groups (broad SMARTS) is 1. The summed E-state index contributed by atoms with van der Waals surface area (Å²) in [5.74, 6) is -1.23. The fourth-order valence-electron chi connectivity index (χ4n) is 2.88. The Labute approximate surface area is 127 Å². The van der Waals surface area contributed by atoms with E-state index < -0.39 is 11.9 Å². The van der Waals surface area contributed by atoms with Gasteiger partial charge in [-0.2, -0.15) is 0 Å². The number of carbonyl (C=O) groups excluding carboxylic acids is 1. The zero-order valence-corrected chi connectivity index (χ0v) is 13.6. The van der Waals surface area contributed by atoms with Gasteiger partial charge in [-0.05, 0) is 40.5 Å². The van der Waals surface area contributed by atoms with Crippen LogP contribution in [0.25, 0.3) is 0 Å². The number of carbonyl (C=O) groups is 2. The fraction of sp³-hybridized carbons (Fsp3) is 0.867. The normalized spacial score (nSPS) is 19.4. The SMILES string of the molecule is CC(C)N(CCNC(=O)N1CCC[C@H](C(=O)O)C1)C(C)C. The summed E-state index contributed by atoms with van der Waals surface area (Å²) in [6, 6.07) is 0.731. The number of likely N-dealkylation sites (tertiary alicyclic amines) is 1. The number of hydrogen-bond acceptors (Lipinski definition) is 3. The van der Waals surface area contributed by atoms with Crippen LogP contribution in [0.5, 0.6) is 0 Å². The van der Waals surface area contributed by atoms with Crippen molar-refractivity contribution in [2.45, 2.75) is 52.6 Å². The summed E-state index contributed by atoms with van der Waals surface area (Å²) in [5.41, 5.74) is 0. The Morgan fingerprint density at radius 3 is 2.43 bits per heavy atom. The molecule has 21 heavy (non-hydrogen) atoms. The van der Waals surface area contributed by atoms with Crippen molar-refractivity contribution in [2.75, 3.05) is 26.2 Å².